The monoisotopic (exact) mass is 367 g/mol. The van der Waals surface area contributed by atoms with Gasteiger partial charge in [-0.3, -0.25) is 15.6 Å². The number of ether oxygens (including phenoxy) is 1. The maximum Gasteiger partial charge on any atom is 0.340 e. The normalized spacial score (nSPS) is 10.1. The van der Waals surface area contributed by atoms with Crippen molar-refractivity contribution in [2.75, 3.05) is 12.4 Å². The lowest BCUT2D eigenvalue weighted by Crippen LogP contribution is -2.43. The fraction of sp³-hybridized carbons (Fsp3) is 0.267. The van der Waals surface area contributed by atoms with Crippen molar-refractivity contribution in [3.8, 4) is 0 Å². The van der Waals surface area contributed by atoms with Crippen LogP contribution in [0.3, 0.4) is 0 Å². The summed E-state index contributed by atoms with van der Waals surface area (Å²) in [5.74, 6) is -0.319. The first-order valence-electron chi connectivity index (χ1n) is 7.08. The first-order valence-corrected chi connectivity index (χ1v) is 8.31. The van der Waals surface area contributed by atoms with Crippen LogP contribution in [0, 0.1) is 6.92 Å². The van der Waals surface area contributed by atoms with Gasteiger partial charge in [-0.1, -0.05) is 6.92 Å². The van der Waals surface area contributed by atoms with Crippen LogP contribution < -0.4 is 16.2 Å². The molecule has 0 unspecified atom stereocenters. The molecular weight excluding hydrogens is 350 g/mol. The molecule has 2 aromatic heterocycles. The summed E-state index contributed by atoms with van der Waals surface area (Å²) in [6.45, 7) is 3.67. The zero-order valence-electron chi connectivity index (χ0n) is 13.4. The molecule has 0 aliphatic carbocycles. The van der Waals surface area contributed by atoms with Crippen molar-refractivity contribution < 1.29 is 18.7 Å². The molecule has 0 saturated carbocycles. The van der Waals surface area contributed by atoms with Gasteiger partial charge in [0.05, 0.1) is 24.5 Å². The Bertz CT molecular complexity index is 767. The molecule has 0 aliphatic heterocycles. The van der Waals surface area contributed by atoms with E-state index in [1.807, 2.05) is 6.92 Å². The summed E-state index contributed by atoms with van der Waals surface area (Å²) in [5, 5.41) is 3.61. The summed E-state index contributed by atoms with van der Waals surface area (Å²) in [5.41, 5.74) is 5.87. The predicted molar refractivity (Wildman–Crippen MR) is 95.3 cm³/mol. The third kappa shape index (κ3) is 4.12. The second kappa shape index (κ2) is 7.93. The van der Waals surface area contributed by atoms with Crippen molar-refractivity contribution in [2.24, 2.45) is 0 Å². The van der Waals surface area contributed by atoms with E-state index >= 15 is 0 Å². The number of amides is 1. The van der Waals surface area contributed by atoms with Crippen LogP contribution in [-0.2, 0) is 11.2 Å². The van der Waals surface area contributed by atoms with Gasteiger partial charge in [-0.25, -0.2) is 4.79 Å². The SMILES string of the molecule is CCc1cc(C(=O)OC)c(NC(=S)NNC(=O)c2ccoc2C)s1. The van der Waals surface area contributed by atoms with Crippen LogP contribution in [0.15, 0.2) is 22.8 Å². The second-order valence-corrected chi connectivity index (χ2v) is 6.27. The molecule has 0 aromatic carbocycles. The molecule has 1 amide bonds. The number of nitrogens with one attached hydrogen (secondary N) is 3. The minimum atomic E-state index is -0.450. The quantitative estimate of drug-likeness (QED) is 0.434. The number of aryl methyl sites for hydroxylation is 2. The molecule has 0 aliphatic rings. The molecule has 128 valence electrons. The van der Waals surface area contributed by atoms with Gasteiger partial charge in [-0.15, -0.1) is 11.3 Å². The highest BCUT2D eigenvalue weighted by Gasteiger charge is 2.17. The molecule has 3 N–H and O–H groups in total. The van der Waals surface area contributed by atoms with E-state index in [2.05, 4.69) is 16.2 Å². The lowest BCUT2D eigenvalue weighted by Gasteiger charge is -2.11. The van der Waals surface area contributed by atoms with Crippen LogP contribution in [0.1, 0.15) is 38.3 Å². The Morgan fingerprint density at radius 3 is 2.67 bits per heavy atom. The molecule has 2 aromatic rings. The number of hydrogen-bond acceptors (Lipinski definition) is 6. The Morgan fingerprint density at radius 2 is 2.08 bits per heavy atom. The Hall–Kier alpha value is -2.39. The number of hydrogen-bond donors (Lipinski definition) is 3. The number of carbonyl (C=O) groups is 2. The number of thiophene rings is 1. The van der Waals surface area contributed by atoms with Crippen LogP contribution in [0.5, 0.6) is 0 Å². The van der Waals surface area contributed by atoms with Crippen molar-refractivity contribution in [1.82, 2.24) is 10.9 Å². The average molecular weight is 367 g/mol. The van der Waals surface area contributed by atoms with Crippen molar-refractivity contribution >= 4 is 45.5 Å². The van der Waals surface area contributed by atoms with E-state index in [1.165, 1.54) is 24.7 Å². The van der Waals surface area contributed by atoms with Crippen molar-refractivity contribution in [3.05, 3.63) is 40.2 Å². The van der Waals surface area contributed by atoms with Gasteiger partial charge in [0.25, 0.3) is 5.91 Å². The van der Waals surface area contributed by atoms with Gasteiger partial charge in [0.1, 0.15) is 10.8 Å². The molecule has 0 bridgehead atoms. The summed E-state index contributed by atoms with van der Waals surface area (Å²) < 4.78 is 9.83. The first kappa shape index (κ1) is 18.0. The van der Waals surface area contributed by atoms with E-state index in [1.54, 1.807) is 19.1 Å². The molecule has 0 fully saturated rings. The maximum atomic E-state index is 12.0. The van der Waals surface area contributed by atoms with E-state index < -0.39 is 5.97 Å². The summed E-state index contributed by atoms with van der Waals surface area (Å²) >= 11 is 6.54. The smallest absolute Gasteiger partial charge is 0.340 e. The molecule has 0 radical (unpaired) electrons. The van der Waals surface area contributed by atoms with E-state index in [4.69, 9.17) is 21.4 Å². The molecule has 7 nitrogen and oxygen atoms in total. The summed E-state index contributed by atoms with van der Waals surface area (Å²) in [4.78, 5) is 24.8. The Labute approximate surface area is 148 Å². The lowest BCUT2D eigenvalue weighted by molar-refractivity contribution is 0.0602. The van der Waals surface area contributed by atoms with Gasteiger partial charge in [0, 0.05) is 4.88 Å². The van der Waals surface area contributed by atoms with Crippen molar-refractivity contribution in [1.29, 1.82) is 0 Å². The van der Waals surface area contributed by atoms with Crippen LogP contribution in [-0.4, -0.2) is 24.1 Å². The number of hydrazine groups is 1. The van der Waals surface area contributed by atoms with Gasteiger partial charge in [0.2, 0.25) is 0 Å². The highest BCUT2D eigenvalue weighted by Crippen LogP contribution is 2.29. The van der Waals surface area contributed by atoms with Gasteiger partial charge >= 0.3 is 5.97 Å². The van der Waals surface area contributed by atoms with Crippen molar-refractivity contribution in [2.45, 2.75) is 20.3 Å². The minimum absolute atomic E-state index is 0.152. The van der Waals surface area contributed by atoms with Gasteiger partial charge in [-0.2, -0.15) is 0 Å². The number of thiocarbonyl (C=S) groups is 1. The molecule has 24 heavy (non-hydrogen) atoms. The summed E-state index contributed by atoms with van der Waals surface area (Å²) in [6.07, 6.45) is 2.22. The molecule has 0 atom stereocenters. The second-order valence-electron chi connectivity index (χ2n) is 4.72. The van der Waals surface area contributed by atoms with E-state index in [0.29, 0.717) is 21.9 Å². The van der Waals surface area contributed by atoms with Gasteiger partial charge in [0.15, 0.2) is 5.11 Å². The standard InChI is InChI=1S/C15H17N3O4S2/c1-4-9-7-11(14(20)21-3)13(24-9)16-15(23)18-17-12(19)10-5-6-22-8(10)2/h5-7H,4H2,1-3H3,(H,17,19)(H2,16,18,23). The number of methoxy groups -OCH3 is 1. The first-order chi connectivity index (χ1) is 11.5. The predicted octanol–water partition coefficient (Wildman–Crippen LogP) is 2.63. The summed E-state index contributed by atoms with van der Waals surface area (Å²) in [7, 11) is 1.32. The molecule has 0 saturated heterocycles. The van der Waals surface area contributed by atoms with Crippen LogP contribution in [0.2, 0.25) is 0 Å². The number of anilines is 1. The highest BCUT2D eigenvalue weighted by atomic mass is 32.1. The summed E-state index contributed by atoms with van der Waals surface area (Å²) in [6, 6.07) is 3.32. The van der Waals surface area contributed by atoms with E-state index in [9.17, 15) is 9.59 Å². The van der Waals surface area contributed by atoms with Gasteiger partial charge in [-0.05, 0) is 37.7 Å². The molecule has 9 heteroatoms. The Balaban J connectivity index is 2.00. The minimum Gasteiger partial charge on any atom is -0.469 e. The lowest BCUT2D eigenvalue weighted by atomic mass is 10.2. The topological polar surface area (TPSA) is 92.6 Å². The highest BCUT2D eigenvalue weighted by molar-refractivity contribution is 7.80. The zero-order chi connectivity index (χ0) is 17.7. The van der Waals surface area contributed by atoms with Crippen molar-refractivity contribution in [3.63, 3.8) is 0 Å². The average Bonchev–Trinajstić information content (AvgIpc) is 3.18. The van der Waals surface area contributed by atoms with Crippen LogP contribution in [0.4, 0.5) is 5.00 Å². The molecule has 0 spiro atoms. The third-order valence-electron chi connectivity index (χ3n) is 3.16. The fourth-order valence-corrected chi connectivity index (χ4v) is 3.11. The van der Waals surface area contributed by atoms with Crippen LogP contribution in [0.25, 0.3) is 0 Å². The Kier molecular flexibility index (Phi) is 5.93. The zero-order valence-corrected chi connectivity index (χ0v) is 15.0. The number of carbonyl (C=O) groups excluding carboxylic acids is 2. The van der Waals surface area contributed by atoms with E-state index in [0.717, 1.165) is 11.3 Å². The third-order valence-corrected chi connectivity index (χ3v) is 4.56. The fourth-order valence-electron chi connectivity index (χ4n) is 1.91. The Morgan fingerprint density at radius 1 is 1.33 bits per heavy atom. The van der Waals surface area contributed by atoms with Gasteiger partial charge < -0.3 is 14.5 Å². The molecule has 2 rings (SSSR count). The van der Waals surface area contributed by atoms with Crippen LogP contribution >= 0.6 is 23.6 Å². The number of furan rings is 1. The number of rotatable bonds is 4. The number of esters is 1. The molecular formula is C15H17N3O4S2. The molecule has 2 heterocycles. The maximum absolute atomic E-state index is 12.0. The largest absolute Gasteiger partial charge is 0.469 e. The van der Waals surface area contributed by atoms with E-state index in [-0.39, 0.29) is 11.0 Å².